The topological polar surface area (TPSA) is 109 Å². The molecule has 0 aromatic heterocycles. The van der Waals surface area contributed by atoms with Crippen molar-refractivity contribution in [3.63, 3.8) is 0 Å². The number of esters is 3. The highest BCUT2D eigenvalue weighted by atomic mass is 16.6. The van der Waals surface area contributed by atoms with Gasteiger partial charge >= 0.3 is 17.9 Å². The van der Waals surface area contributed by atoms with Crippen molar-refractivity contribution < 1.29 is 38.1 Å². The average Bonchev–Trinajstić information content (AvgIpc) is 3.59. The molecule has 3 rings (SSSR count). The van der Waals surface area contributed by atoms with Crippen molar-refractivity contribution in [1.29, 1.82) is 0 Å². The fourth-order valence-corrected chi connectivity index (χ4v) is 5.57. The molecular weight excluding hydrogens is 500 g/mol. The number of Topliss-reactive ketones (excluding diaryl/α,β-unsaturated/α-hetero) is 1. The lowest BCUT2D eigenvalue weighted by molar-refractivity contribution is -0.180. The van der Waals surface area contributed by atoms with Gasteiger partial charge in [0.05, 0.1) is 24.0 Å². The minimum Gasteiger partial charge on any atom is -0.454 e. The summed E-state index contributed by atoms with van der Waals surface area (Å²) in [6.45, 7) is 19.4. The van der Waals surface area contributed by atoms with Crippen molar-refractivity contribution >= 4 is 23.7 Å². The first kappa shape index (κ1) is 30.8. The molecule has 0 amide bonds. The molecule has 8 nitrogen and oxygen atoms in total. The molecule has 3 fully saturated rings. The Hall–Kier alpha value is -2.74. The van der Waals surface area contributed by atoms with Crippen LogP contribution in [0.4, 0.5) is 0 Å². The Morgan fingerprint density at radius 2 is 1.56 bits per heavy atom. The summed E-state index contributed by atoms with van der Waals surface area (Å²) >= 11 is 0. The lowest BCUT2D eigenvalue weighted by Gasteiger charge is -2.47. The van der Waals surface area contributed by atoms with Gasteiger partial charge in [-0.25, -0.2) is 4.79 Å². The zero-order valence-electron chi connectivity index (χ0n) is 24.6. The van der Waals surface area contributed by atoms with E-state index in [1.807, 2.05) is 34.6 Å². The highest BCUT2D eigenvalue weighted by Crippen LogP contribution is 2.58. The van der Waals surface area contributed by atoms with Gasteiger partial charge in [0.25, 0.3) is 0 Å². The summed E-state index contributed by atoms with van der Waals surface area (Å²) in [5.74, 6) is -4.25. The van der Waals surface area contributed by atoms with E-state index >= 15 is 0 Å². The lowest BCUT2D eigenvalue weighted by Crippen LogP contribution is -2.56. The van der Waals surface area contributed by atoms with Crippen LogP contribution in [0, 0.1) is 29.6 Å². The van der Waals surface area contributed by atoms with Crippen molar-refractivity contribution in [2.45, 2.75) is 98.6 Å². The van der Waals surface area contributed by atoms with E-state index in [9.17, 15) is 19.2 Å². The molecule has 0 radical (unpaired) electrons. The molecule has 0 unspecified atom stereocenters. The van der Waals surface area contributed by atoms with Gasteiger partial charge in [-0.05, 0) is 51.2 Å². The number of rotatable bonds is 10. The van der Waals surface area contributed by atoms with E-state index < -0.39 is 65.5 Å². The highest BCUT2D eigenvalue weighted by Gasteiger charge is 2.67. The summed E-state index contributed by atoms with van der Waals surface area (Å²) in [7, 11) is 0. The number of ether oxygens (including phenoxy) is 4. The first-order chi connectivity index (χ1) is 18.3. The largest absolute Gasteiger partial charge is 0.454 e. The number of carbonyl (C=O) groups is 4. The van der Waals surface area contributed by atoms with E-state index in [4.69, 9.17) is 18.9 Å². The number of fused-ring (bicyclic) bond motifs is 1. The summed E-state index contributed by atoms with van der Waals surface area (Å²) in [5, 5.41) is 0. The third-order valence-corrected chi connectivity index (χ3v) is 8.75. The van der Waals surface area contributed by atoms with Gasteiger partial charge < -0.3 is 18.9 Å². The Kier molecular flexibility index (Phi) is 9.63. The third-order valence-electron chi connectivity index (χ3n) is 8.75. The first-order valence-electron chi connectivity index (χ1n) is 14.2. The molecule has 0 N–H and O–H groups in total. The standard InChI is InChI=1S/C31H44O8/c1-10-16(5)14-21(32)37-28-24(31(9)15-36-31)23-20(13-4)25(33)27(39-30(35)18(7)12-3)22(23)19(8)26(28)38-29(34)17(6)11-2/h13-14,17-18,22-24,26-28H,8,10-12,15H2,1-7,9H3/b16-14-,20-13?/t17-,18-,22-,23+,24-,26-,27-,28+,31-/m1/s1. The molecule has 9 atom stereocenters. The van der Waals surface area contributed by atoms with Gasteiger partial charge in [0.1, 0.15) is 6.10 Å². The van der Waals surface area contributed by atoms with Gasteiger partial charge in [-0.15, -0.1) is 0 Å². The molecule has 0 spiro atoms. The summed E-state index contributed by atoms with van der Waals surface area (Å²) in [4.78, 5) is 52.7. The molecule has 39 heavy (non-hydrogen) atoms. The predicted octanol–water partition coefficient (Wildman–Crippen LogP) is 4.91. The van der Waals surface area contributed by atoms with Crippen LogP contribution < -0.4 is 0 Å². The summed E-state index contributed by atoms with van der Waals surface area (Å²) in [6, 6.07) is 0. The van der Waals surface area contributed by atoms with Crippen LogP contribution in [0.2, 0.25) is 0 Å². The fraction of sp³-hybridized carbons (Fsp3) is 0.677. The van der Waals surface area contributed by atoms with Gasteiger partial charge in [0.2, 0.25) is 0 Å². The third kappa shape index (κ3) is 6.06. The maximum Gasteiger partial charge on any atom is 0.331 e. The van der Waals surface area contributed by atoms with Crippen molar-refractivity contribution in [2.24, 2.45) is 29.6 Å². The minimum absolute atomic E-state index is 0.305. The Morgan fingerprint density at radius 3 is 2.03 bits per heavy atom. The van der Waals surface area contributed by atoms with Crippen LogP contribution in [0.3, 0.4) is 0 Å². The number of hydrogen-bond donors (Lipinski definition) is 0. The normalized spacial score (nSPS) is 34.8. The van der Waals surface area contributed by atoms with E-state index in [0.717, 1.165) is 5.57 Å². The van der Waals surface area contributed by atoms with Crippen molar-refractivity contribution in [3.05, 3.63) is 35.5 Å². The summed E-state index contributed by atoms with van der Waals surface area (Å²) in [5.41, 5.74) is 0.993. The molecule has 2 saturated carbocycles. The second-order valence-corrected chi connectivity index (χ2v) is 11.4. The van der Waals surface area contributed by atoms with Gasteiger partial charge in [0.15, 0.2) is 18.0 Å². The molecule has 0 bridgehead atoms. The summed E-state index contributed by atoms with van der Waals surface area (Å²) < 4.78 is 23.8. The van der Waals surface area contributed by atoms with E-state index in [1.165, 1.54) is 6.08 Å². The molecule has 0 aromatic rings. The van der Waals surface area contributed by atoms with E-state index in [2.05, 4.69) is 6.58 Å². The zero-order valence-corrected chi connectivity index (χ0v) is 24.6. The predicted molar refractivity (Wildman–Crippen MR) is 145 cm³/mol. The lowest BCUT2D eigenvalue weighted by atomic mass is 9.63. The Morgan fingerprint density at radius 1 is 1.03 bits per heavy atom. The second kappa shape index (κ2) is 12.2. The Labute approximate surface area is 232 Å². The number of hydrogen-bond acceptors (Lipinski definition) is 8. The Balaban J connectivity index is 2.14. The molecule has 216 valence electrons. The minimum atomic E-state index is -1.11. The number of ketones is 1. The molecule has 1 heterocycles. The van der Waals surface area contributed by atoms with Crippen LogP contribution in [0.1, 0.15) is 74.7 Å². The van der Waals surface area contributed by atoms with Crippen LogP contribution >= 0.6 is 0 Å². The number of epoxide rings is 1. The SMILES string of the molecule is C=C1[C@@H]2[C@H](C(=CC)C(=O)[C@@H]2OC(=O)[C@H](C)CC)[C@@H]([C@@]2(C)CO2)[C@H](OC(=O)/C=C(/C)CC)[C@@H]1OC(=O)[C@H](C)CC. The van der Waals surface area contributed by atoms with Crippen LogP contribution in [0.25, 0.3) is 0 Å². The monoisotopic (exact) mass is 544 g/mol. The highest BCUT2D eigenvalue weighted by molar-refractivity contribution is 6.04. The molecule has 1 saturated heterocycles. The van der Waals surface area contributed by atoms with Crippen LogP contribution in [0.15, 0.2) is 35.5 Å². The van der Waals surface area contributed by atoms with Crippen molar-refractivity contribution in [3.8, 4) is 0 Å². The van der Waals surface area contributed by atoms with Gasteiger partial charge in [-0.3, -0.25) is 14.4 Å². The van der Waals surface area contributed by atoms with Gasteiger partial charge in [-0.2, -0.15) is 0 Å². The number of allylic oxidation sites excluding steroid dienone is 2. The van der Waals surface area contributed by atoms with Gasteiger partial charge in [0, 0.05) is 23.8 Å². The van der Waals surface area contributed by atoms with Crippen LogP contribution in [0.5, 0.6) is 0 Å². The smallest absolute Gasteiger partial charge is 0.331 e. The quantitative estimate of drug-likeness (QED) is 0.126. The van der Waals surface area contributed by atoms with E-state index in [0.29, 0.717) is 37.0 Å². The van der Waals surface area contributed by atoms with Gasteiger partial charge in [-0.1, -0.05) is 52.8 Å². The zero-order chi connectivity index (χ0) is 29.2. The second-order valence-electron chi connectivity index (χ2n) is 11.4. The maximum absolute atomic E-state index is 13.7. The molecule has 3 aliphatic rings. The van der Waals surface area contributed by atoms with Crippen LogP contribution in [-0.4, -0.2) is 54.2 Å². The van der Waals surface area contributed by atoms with Crippen molar-refractivity contribution in [1.82, 2.24) is 0 Å². The van der Waals surface area contributed by atoms with E-state index in [1.54, 1.807) is 26.8 Å². The maximum atomic E-state index is 13.7. The molecule has 8 heteroatoms. The van der Waals surface area contributed by atoms with Crippen molar-refractivity contribution in [2.75, 3.05) is 6.61 Å². The Bertz CT molecular complexity index is 1060. The molecule has 0 aromatic carbocycles. The van der Waals surface area contributed by atoms with Crippen LogP contribution in [-0.2, 0) is 38.1 Å². The number of carbonyl (C=O) groups excluding carboxylic acids is 4. The molecule has 2 aliphatic carbocycles. The van der Waals surface area contributed by atoms with E-state index in [-0.39, 0.29) is 11.7 Å². The molecule has 1 aliphatic heterocycles. The first-order valence-corrected chi connectivity index (χ1v) is 14.2. The average molecular weight is 545 g/mol. The summed E-state index contributed by atoms with van der Waals surface area (Å²) in [6.07, 6.45) is 1.88. The molecular formula is C31H44O8. The fourth-order valence-electron chi connectivity index (χ4n) is 5.57.